The molecule has 0 fully saturated rings. The van der Waals surface area contributed by atoms with Gasteiger partial charge in [-0.1, -0.05) is 30.3 Å². The Balaban J connectivity index is 2.02. The quantitative estimate of drug-likeness (QED) is 0.755. The van der Waals surface area contributed by atoms with E-state index in [1.54, 1.807) is 19.4 Å². The summed E-state index contributed by atoms with van der Waals surface area (Å²) in [6.45, 7) is 5.36. The first-order valence-corrected chi connectivity index (χ1v) is 7.33. The minimum atomic E-state index is 0.382. The van der Waals surface area contributed by atoms with Gasteiger partial charge in [-0.3, -0.25) is 4.98 Å². The highest BCUT2D eigenvalue weighted by Crippen LogP contribution is 2.36. The summed E-state index contributed by atoms with van der Waals surface area (Å²) in [6, 6.07) is 9.63. The number of ether oxygens (including phenoxy) is 2. The van der Waals surface area contributed by atoms with Gasteiger partial charge in [0.25, 0.3) is 0 Å². The second-order valence-corrected chi connectivity index (χ2v) is 5.04. The van der Waals surface area contributed by atoms with Gasteiger partial charge in [-0.15, -0.1) is 0 Å². The number of methoxy groups -OCH3 is 1. The zero-order valence-electron chi connectivity index (χ0n) is 12.5. The second-order valence-electron chi connectivity index (χ2n) is 4.63. The molecule has 0 unspecified atom stereocenters. The zero-order chi connectivity index (χ0) is 15.8. The predicted molar refractivity (Wildman–Crippen MR) is 88.5 cm³/mol. The van der Waals surface area contributed by atoms with Crippen LogP contribution in [0.1, 0.15) is 11.3 Å². The Bertz CT molecular complexity index is 618. The molecule has 116 valence electrons. The molecular weight excluding hydrogens is 300 g/mol. The van der Waals surface area contributed by atoms with Crippen LogP contribution in [0.2, 0.25) is 5.02 Å². The molecule has 0 aliphatic carbocycles. The standard InChI is InChI=1S/C17H19ClN2O2/c1-3-8-22-17-15(18)9-13(10-16(17)21-2)11-19-12-14-6-4-5-7-20-14/h3-7,9-10,19H,1,8,11-12H2,2H3. The molecule has 22 heavy (non-hydrogen) atoms. The molecule has 0 bridgehead atoms. The van der Waals surface area contributed by atoms with Crippen molar-refractivity contribution in [3.05, 3.63) is 65.5 Å². The highest BCUT2D eigenvalue weighted by atomic mass is 35.5. The first kappa shape index (κ1) is 16.3. The van der Waals surface area contributed by atoms with E-state index in [4.69, 9.17) is 21.1 Å². The molecule has 1 aromatic carbocycles. The Hall–Kier alpha value is -2.04. The van der Waals surface area contributed by atoms with E-state index in [2.05, 4.69) is 16.9 Å². The summed E-state index contributed by atoms with van der Waals surface area (Å²) in [5, 5.41) is 3.85. The second kappa shape index (κ2) is 8.41. The highest BCUT2D eigenvalue weighted by Gasteiger charge is 2.11. The molecule has 1 N–H and O–H groups in total. The van der Waals surface area contributed by atoms with Gasteiger partial charge in [0.15, 0.2) is 11.5 Å². The van der Waals surface area contributed by atoms with Crippen LogP contribution in [-0.2, 0) is 13.1 Å². The summed E-state index contributed by atoms with van der Waals surface area (Å²) in [6.07, 6.45) is 3.45. The van der Waals surface area contributed by atoms with Crippen LogP contribution in [0.15, 0.2) is 49.2 Å². The van der Waals surface area contributed by atoms with Crippen LogP contribution in [0.3, 0.4) is 0 Å². The highest BCUT2D eigenvalue weighted by molar-refractivity contribution is 6.32. The molecule has 0 atom stereocenters. The van der Waals surface area contributed by atoms with Crippen LogP contribution in [-0.4, -0.2) is 18.7 Å². The molecule has 0 radical (unpaired) electrons. The largest absolute Gasteiger partial charge is 0.493 e. The number of nitrogens with one attached hydrogen (secondary N) is 1. The summed E-state index contributed by atoms with van der Waals surface area (Å²) in [5.74, 6) is 1.15. The summed E-state index contributed by atoms with van der Waals surface area (Å²) >= 11 is 6.27. The lowest BCUT2D eigenvalue weighted by Gasteiger charge is -2.13. The molecule has 0 spiro atoms. The smallest absolute Gasteiger partial charge is 0.180 e. The first-order chi connectivity index (χ1) is 10.7. The fourth-order valence-corrected chi connectivity index (χ4v) is 2.28. The van der Waals surface area contributed by atoms with Crippen molar-refractivity contribution in [1.29, 1.82) is 0 Å². The molecule has 0 saturated heterocycles. The molecule has 2 rings (SSSR count). The number of hydrogen-bond donors (Lipinski definition) is 1. The third-order valence-electron chi connectivity index (χ3n) is 3.00. The Morgan fingerprint density at radius 1 is 1.32 bits per heavy atom. The fraction of sp³-hybridized carbons (Fsp3) is 0.235. The van der Waals surface area contributed by atoms with Crippen molar-refractivity contribution in [2.45, 2.75) is 13.1 Å². The van der Waals surface area contributed by atoms with Crippen molar-refractivity contribution < 1.29 is 9.47 Å². The van der Waals surface area contributed by atoms with Crippen molar-refractivity contribution in [3.63, 3.8) is 0 Å². The Kier molecular flexibility index (Phi) is 6.25. The van der Waals surface area contributed by atoms with Gasteiger partial charge in [-0.05, 0) is 29.8 Å². The molecule has 4 nitrogen and oxygen atoms in total. The summed E-state index contributed by atoms with van der Waals surface area (Å²) < 4.78 is 10.9. The van der Waals surface area contributed by atoms with Crippen molar-refractivity contribution in [2.24, 2.45) is 0 Å². The lowest BCUT2D eigenvalue weighted by atomic mass is 10.2. The first-order valence-electron chi connectivity index (χ1n) is 6.95. The number of nitrogens with zero attached hydrogens (tertiary/aromatic N) is 1. The van der Waals surface area contributed by atoms with Gasteiger partial charge in [0.1, 0.15) is 6.61 Å². The van der Waals surface area contributed by atoms with Gasteiger partial charge >= 0.3 is 0 Å². The van der Waals surface area contributed by atoms with Crippen molar-refractivity contribution in [3.8, 4) is 11.5 Å². The van der Waals surface area contributed by atoms with E-state index < -0.39 is 0 Å². The number of aromatic nitrogens is 1. The third kappa shape index (κ3) is 4.48. The van der Waals surface area contributed by atoms with Crippen LogP contribution in [0, 0.1) is 0 Å². The van der Waals surface area contributed by atoms with Crippen molar-refractivity contribution in [2.75, 3.05) is 13.7 Å². The van der Waals surface area contributed by atoms with Gasteiger partial charge in [0.2, 0.25) is 0 Å². The van der Waals surface area contributed by atoms with E-state index in [-0.39, 0.29) is 0 Å². The predicted octanol–water partition coefficient (Wildman–Crippen LogP) is 3.60. The number of halogens is 1. The molecule has 0 aliphatic heterocycles. The topological polar surface area (TPSA) is 43.4 Å². The lowest BCUT2D eigenvalue weighted by molar-refractivity contribution is 0.326. The van der Waals surface area contributed by atoms with E-state index in [0.717, 1.165) is 11.3 Å². The summed E-state index contributed by atoms with van der Waals surface area (Å²) in [7, 11) is 1.59. The maximum atomic E-state index is 6.27. The minimum absolute atomic E-state index is 0.382. The third-order valence-corrected chi connectivity index (χ3v) is 3.28. The molecule has 0 aliphatic rings. The van der Waals surface area contributed by atoms with E-state index in [0.29, 0.717) is 36.2 Å². The van der Waals surface area contributed by atoms with Gasteiger partial charge in [0.05, 0.1) is 17.8 Å². The van der Waals surface area contributed by atoms with E-state index in [9.17, 15) is 0 Å². The number of rotatable bonds is 8. The summed E-state index contributed by atoms with van der Waals surface area (Å²) in [4.78, 5) is 4.27. The molecule has 1 aromatic heterocycles. The Morgan fingerprint density at radius 3 is 2.86 bits per heavy atom. The van der Waals surface area contributed by atoms with Crippen LogP contribution in [0.5, 0.6) is 11.5 Å². The average molecular weight is 319 g/mol. The van der Waals surface area contributed by atoms with Crippen LogP contribution in [0.4, 0.5) is 0 Å². The Morgan fingerprint density at radius 2 is 2.18 bits per heavy atom. The van der Waals surface area contributed by atoms with Crippen molar-refractivity contribution in [1.82, 2.24) is 10.3 Å². The van der Waals surface area contributed by atoms with E-state index in [1.807, 2.05) is 30.3 Å². The van der Waals surface area contributed by atoms with Gasteiger partial charge in [-0.2, -0.15) is 0 Å². The van der Waals surface area contributed by atoms with Crippen LogP contribution >= 0.6 is 11.6 Å². The average Bonchev–Trinajstić information content (AvgIpc) is 2.54. The molecular formula is C17H19ClN2O2. The number of pyridine rings is 1. The molecule has 0 amide bonds. The molecule has 2 aromatic rings. The van der Waals surface area contributed by atoms with Gasteiger partial charge in [0, 0.05) is 19.3 Å². The molecule has 1 heterocycles. The van der Waals surface area contributed by atoms with Gasteiger partial charge in [-0.25, -0.2) is 0 Å². The number of benzene rings is 1. The van der Waals surface area contributed by atoms with Gasteiger partial charge < -0.3 is 14.8 Å². The fourth-order valence-electron chi connectivity index (χ4n) is 2.00. The lowest BCUT2D eigenvalue weighted by Crippen LogP contribution is -2.13. The zero-order valence-corrected chi connectivity index (χ0v) is 13.3. The van der Waals surface area contributed by atoms with Crippen molar-refractivity contribution >= 4 is 11.6 Å². The van der Waals surface area contributed by atoms with E-state index >= 15 is 0 Å². The minimum Gasteiger partial charge on any atom is -0.493 e. The van der Waals surface area contributed by atoms with Crippen LogP contribution < -0.4 is 14.8 Å². The Labute approximate surface area is 135 Å². The monoisotopic (exact) mass is 318 g/mol. The normalized spacial score (nSPS) is 10.3. The SMILES string of the molecule is C=CCOc1c(Cl)cc(CNCc2ccccn2)cc1OC. The number of hydrogen-bond acceptors (Lipinski definition) is 4. The summed E-state index contributed by atoms with van der Waals surface area (Å²) in [5.41, 5.74) is 2.01. The molecule has 0 saturated carbocycles. The van der Waals surface area contributed by atoms with E-state index in [1.165, 1.54) is 0 Å². The maximum absolute atomic E-state index is 6.27. The van der Waals surface area contributed by atoms with Crippen LogP contribution in [0.25, 0.3) is 0 Å². The maximum Gasteiger partial charge on any atom is 0.180 e. The molecule has 5 heteroatoms.